The van der Waals surface area contributed by atoms with Crippen molar-refractivity contribution in [2.75, 3.05) is 6.61 Å². The molecule has 0 saturated heterocycles. The average molecular weight is 264 g/mol. The Balaban J connectivity index is 2.42. The molecule has 2 aliphatic carbocycles. The Kier molecular flexibility index (Phi) is 4.52. The van der Waals surface area contributed by atoms with E-state index in [1.54, 1.807) is 0 Å². The van der Waals surface area contributed by atoms with Crippen LogP contribution < -0.4 is 0 Å². The SMILES string of the molecule is C/C=C(\C)C1C(C)=C[C@@H]2[C@H]([C@@H]1CO)[C@@H](C)CC[C@@H]2O. The zero-order chi connectivity index (χ0) is 14.2. The lowest BCUT2D eigenvalue weighted by Crippen LogP contribution is -2.46. The number of fused-ring (bicyclic) bond motifs is 1. The fourth-order valence-electron chi connectivity index (χ4n) is 4.45. The van der Waals surface area contributed by atoms with E-state index in [0.29, 0.717) is 17.8 Å². The molecule has 0 bridgehead atoms. The van der Waals surface area contributed by atoms with Crippen molar-refractivity contribution in [2.24, 2.45) is 29.6 Å². The molecule has 1 unspecified atom stereocenters. The molecular weight excluding hydrogens is 236 g/mol. The summed E-state index contributed by atoms with van der Waals surface area (Å²) in [7, 11) is 0. The van der Waals surface area contributed by atoms with Crippen LogP contribution in [0, 0.1) is 29.6 Å². The summed E-state index contributed by atoms with van der Waals surface area (Å²) in [6.45, 7) is 8.89. The Labute approximate surface area is 117 Å². The molecular formula is C17H28O2. The van der Waals surface area contributed by atoms with Gasteiger partial charge in [0.2, 0.25) is 0 Å². The van der Waals surface area contributed by atoms with Crippen LogP contribution in [-0.2, 0) is 0 Å². The van der Waals surface area contributed by atoms with Crippen molar-refractivity contribution in [1.29, 1.82) is 0 Å². The van der Waals surface area contributed by atoms with Gasteiger partial charge in [0.1, 0.15) is 0 Å². The molecule has 0 spiro atoms. The van der Waals surface area contributed by atoms with Gasteiger partial charge in [0, 0.05) is 18.4 Å². The maximum atomic E-state index is 10.3. The van der Waals surface area contributed by atoms with Crippen molar-refractivity contribution in [1.82, 2.24) is 0 Å². The second kappa shape index (κ2) is 5.80. The molecule has 0 aliphatic heterocycles. The van der Waals surface area contributed by atoms with E-state index in [-0.39, 0.29) is 24.5 Å². The second-order valence-corrected chi connectivity index (χ2v) is 6.54. The lowest BCUT2D eigenvalue weighted by atomic mass is 9.57. The first-order valence-corrected chi connectivity index (χ1v) is 7.61. The maximum absolute atomic E-state index is 10.3. The van der Waals surface area contributed by atoms with Crippen LogP contribution >= 0.6 is 0 Å². The predicted octanol–water partition coefficient (Wildman–Crippen LogP) is 3.16. The van der Waals surface area contributed by atoms with Crippen LogP contribution in [0.4, 0.5) is 0 Å². The molecule has 0 radical (unpaired) electrons. The van der Waals surface area contributed by atoms with Gasteiger partial charge in [-0.1, -0.05) is 30.2 Å². The van der Waals surface area contributed by atoms with Crippen LogP contribution in [0.3, 0.4) is 0 Å². The summed E-state index contributed by atoms with van der Waals surface area (Å²) in [6, 6.07) is 0. The Bertz CT molecular complexity index is 383. The van der Waals surface area contributed by atoms with Gasteiger partial charge >= 0.3 is 0 Å². The highest BCUT2D eigenvalue weighted by atomic mass is 16.3. The molecule has 6 atom stereocenters. The number of hydrogen-bond donors (Lipinski definition) is 2. The van der Waals surface area contributed by atoms with Gasteiger partial charge in [0.05, 0.1) is 6.10 Å². The molecule has 2 rings (SSSR count). The lowest BCUT2D eigenvalue weighted by Gasteiger charge is -2.49. The quantitative estimate of drug-likeness (QED) is 0.752. The molecule has 2 N–H and O–H groups in total. The normalized spacial score (nSPS) is 43.7. The monoisotopic (exact) mass is 264 g/mol. The topological polar surface area (TPSA) is 40.5 Å². The van der Waals surface area contributed by atoms with Crippen molar-refractivity contribution >= 4 is 0 Å². The molecule has 1 fully saturated rings. The third-order valence-electron chi connectivity index (χ3n) is 5.49. The largest absolute Gasteiger partial charge is 0.396 e. The van der Waals surface area contributed by atoms with Gasteiger partial charge in [-0.15, -0.1) is 0 Å². The average Bonchev–Trinajstić information content (AvgIpc) is 2.40. The predicted molar refractivity (Wildman–Crippen MR) is 78.6 cm³/mol. The summed E-state index contributed by atoms with van der Waals surface area (Å²) in [5, 5.41) is 20.2. The zero-order valence-electron chi connectivity index (χ0n) is 12.6. The molecule has 0 aromatic heterocycles. The van der Waals surface area contributed by atoms with Gasteiger partial charge in [0.15, 0.2) is 0 Å². The number of aliphatic hydroxyl groups excluding tert-OH is 2. The van der Waals surface area contributed by atoms with E-state index >= 15 is 0 Å². The molecule has 2 heteroatoms. The fraction of sp³-hybridized carbons (Fsp3) is 0.765. The van der Waals surface area contributed by atoms with Crippen LogP contribution in [0.15, 0.2) is 23.3 Å². The number of rotatable bonds is 2. The van der Waals surface area contributed by atoms with Crippen LogP contribution in [0.1, 0.15) is 40.5 Å². The van der Waals surface area contributed by atoms with Gasteiger partial charge in [0.25, 0.3) is 0 Å². The summed E-state index contributed by atoms with van der Waals surface area (Å²) in [5.74, 6) is 1.85. The van der Waals surface area contributed by atoms with E-state index in [0.717, 1.165) is 12.8 Å². The zero-order valence-corrected chi connectivity index (χ0v) is 12.6. The molecule has 0 amide bonds. The van der Waals surface area contributed by atoms with E-state index < -0.39 is 0 Å². The van der Waals surface area contributed by atoms with Crippen molar-refractivity contribution < 1.29 is 10.2 Å². The summed E-state index contributed by atoms with van der Waals surface area (Å²) >= 11 is 0. The van der Waals surface area contributed by atoms with Crippen molar-refractivity contribution in [3.63, 3.8) is 0 Å². The van der Waals surface area contributed by atoms with Crippen LogP contribution in [0.5, 0.6) is 0 Å². The fourth-order valence-corrected chi connectivity index (χ4v) is 4.45. The van der Waals surface area contributed by atoms with Gasteiger partial charge < -0.3 is 10.2 Å². The van der Waals surface area contributed by atoms with E-state index in [9.17, 15) is 10.2 Å². The Morgan fingerprint density at radius 3 is 2.68 bits per heavy atom. The molecule has 2 nitrogen and oxygen atoms in total. The molecule has 0 aromatic rings. The van der Waals surface area contributed by atoms with Crippen molar-refractivity contribution in [3.05, 3.63) is 23.3 Å². The van der Waals surface area contributed by atoms with Gasteiger partial charge in [-0.3, -0.25) is 0 Å². The minimum absolute atomic E-state index is 0.221. The Hall–Kier alpha value is -0.600. The third-order valence-corrected chi connectivity index (χ3v) is 5.49. The minimum Gasteiger partial charge on any atom is -0.396 e. The smallest absolute Gasteiger partial charge is 0.0605 e. The number of allylic oxidation sites excluding steroid dienone is 3. The highest BCUT2D eigenvalue weighted by molar-refractivity contribution is 5.26. The third kappa shape index (κ3) is 2.53. The molecule has 1 saturated carbocycles. The van der Waals surface area contributed by atoms with E-state index in [4.69, 9.17) is 0 Å². The van der Waals surface area contributed by atoms with Crippen LogP contribution in [0.25, 0.3) is 0 Å². The molecule has 108 valence electrons. The Morgan fingerprint density at radius 1 is 1.42 bits per heavy atom. The van der Waals surface area contributed by atoms with Crippen molar-refractivity contribution in [2.45, 2.75) is 46.6 Å². The molecule has 0 heterocycles. The Morgan fingerprint density at radius 2 is 2.11 bits per heavy atom. The number of aliphatic hydroxyl groups is 2. The summed E-state index contributed by atoms with van der Waals surface area (Å²) in [5.41, 5.74) is 2.67. The number of hydrogen-bond acceptors (Lipinski definition) is 2. The minimum atomic E-state index is -0.225. The molecule has 2 aliphatic rings. The molecule has 0 aromatic carbocycles. The summed E-state index contributed by atoms with van der Waals surface area (Å²) < 4.78 is 0. The first-order valence-electron chi connectivity index (χ1n) is 7.61. The van der Waals surface area contributed by atoms with Gasteiger partial charge in [-0.05, 0) is 51.4 Å². The standard InChI is InChI=1S/C17H28O2/c1-5-10(2)16-12(4)8-13-15(19)7-6-11(3)17(13)14(16)9-18/h5,8,11,13-19H,6-7,9H2,1-4H3/b10-5+/t11-,13-,14+,15-,16?,17+/m0/s1. The van der Waals surface area contributed by atoms with Crippen molar-refractivity contribution in [3.8, 4) is 0 Å². The van der Waals surface area contributed by atoms with Crippen LogP contribution in [-0.4, -0.2) is 22.9 Å². The highest BCUT2D eigenvalue weighted by Gasteiger charge is 2.45. The molecule has 19 heavy (non-hydrogen) atoms. The maximum Gasteiger partial charge on any atom is 0.0605 e. The van der Waals surface area contributed by atoms with Gasteiger partial charge in [-0.2, -0.15) is 0 Å². The van der Waals surface area contributed by atoms with E-state index in [1.807, 2.05) is 0 Å². The van der Waals surface area contributed by atoms with E-state index in [1.165, 1.54) is 11.1 Å². The first-order chi connectivity index (χ1) is 9.01. The van der Waals surface area contributed by atoms with E-state index in [2.05, 4.69) is 39.8 Å². The second-order valence-electron chi connectivity index (χ2n) is 6.54. The summed E-state index contributed by atoms with van der Waals surface area (Å²) in [6.07, 6.45) is 6.20. The highest BCUT2D eigenvalue weighted by Crippen LogP contribution is 2.49. The van der Waals surface area contributed by atoms with Crippen LogP contribution in [0.2, 0.25) is 0 Å². The van der Waals surface area contributed by atoms with Gasteiger partial charge in [-0.25, -0.2) is 0 Å². The summed E-state index contributed by atoms with van der Waals surface area (Å²) in [4.78, 5) is 0. The first kappa shape index (κ1) is 14.8. The lowest BCUT2D eigenvalue weighted by molar-refractivity contribution is -0.0250.